The van der Waals surface area contributed by atoms with Crippen molar-refractivity contribution in [2.75, 3.05) is 14.2 Å². The molecule has 1 aliphatic heterocycles. The van der Waals surface area contributed by atoms with Crippen LogP contribution in [0, 0.1) is 10.1 Å². The lowest BCUT2D eigenvalue weighted by atomic mass is 9.74. The van der Waals surface area contributed by atoms with E-state index in [-0.39, 0.29) is 23.5 Å². The Bertz CT molecular complexity index is 940. The van der Waals surface area contributed by atoms with Gasteiger partial charge in [0, 0.05) is 29.3 Å². The average Bonchev–Trinajstić information content (AvgIpc) is 2.86. The quantitative estimate of drug-likeness (QED) is 0.397. The van der Waals surface area contributed by atoms with Gasteiger partial charge in [-0.1, -0.05) is 23.7 Å². The minimum absolute atomic E-state index is 0.0709. The van der Waals surface area contributed by atoms with E-state index in [0.717, 1.165) is 13.2 Å². The van der Waals surface area contributed by atoms with Gasteiger partial charge in [0.1, 0.15) is 5.41 Å². The van der Waals surface area contributed by atoms with Gasteiger partial charge in [-0.3, -0.25) is 14.9 Å². The Labute approximate surface area is 168 Å². The number of benzene rings is 1. The fourth-order valence-electron chi connectivity index (χ4n) is 2.97. The van der Waals surface area contributed by atoms with E-state index in [2.05, 4.69) is 4.99 Å². The van der Waals surface area contributed by atoms with Crippen molar-refractivity contribution in [3.63, 3.8) is 0 Å². The molecule has 0 bridgehead atoms. The molecule has 1 heterocycles. The molecule has 0 aliphatic carbocycles. The summed E-state index contributed by atoms with van der Waals surface area (Å²) in [5.41, 5.74) is -4.25. The van der Waals surface area contributed by atoms with Crippen molar-refractivity contribution in [3.05, 3.63) is 62.3 Å². The number of carbonyl (C=O) groups excluding carboxylic acids is 1. The Morgan fingerprint density at radius 1 is 1.31 bits per heavy atom. The summed E-state index contributed by atoms with van der Waals surface area (Å²) in [6, 6.07) is 1.92. The second-order valence-electron chi connectivity index (χ2n) is 6.14. The molecule has 0 radical (unpaired) electrons. The van der Waals surface area contributed by atoms with Crippen LogP contribution >= 0.6 is 11.6 Å². The van der Waals surface area contributed by atoms with Crippen LogP contribution in [0.1, 0.15) is 24.5 Å². The van der Waals surface area contributed by atoms with Crippen molar-refractivity contribution in [1.82, 2.24) is 0 Å². The average molecular weight is 433 g/mol. The number of allylic oxidation sites excluding steroid dienone is 2. The second kappa shape index (κ2) is 8.24. The van der Waals surface area contributed by atoms with Crippen molar-refractivity contribution >= 4 is 29.2 Å². The van der Waals surface area contributed by atoms with Crippen molar-refractivity contribution in [1.29, 1.82) is 0 Å². The second-order valence-corrected chi connectivity index (χ2v) is 6.63. The van der Waals surface area contributed by atoms with Gasteiger partial charge in [-0.05, 0) is 13.0 Å². The third-order valence-corrected chi connectivity index (χ3v) is 4.69. The summed E-state index contributed by atoms with van der Waals surface area (Å²) in [6.07, 6.45) is -1.94. The van der Waals surface area contributed by atoms with E-state index in [1.54, 1.807) is 0 Å². The molecule has 1 aromatic rings. The lowest BCUT2D eigenvalue weighted by Gasteiger charge is -2.30. The van der Waals surface area contributed by atoms with Crippen molar-refractivity contribution in [2.24, 2.45) is 4.99 Å². The first-order valence-electron chi connectivity index (χ1n) is 8.08. The van der Waals surface area contributed by atoms with E-state index in [4.69, 9.17) is 21.1 Å². The van der Waals surface area contributed by atoms with Crippen molar-refractivity contribution in [3.8, 4) is 0 Å². The Kier molecular flexibility index (Phi) is 6.37. The number of nitrogens with zero attached hydrogens (tertiary/aromatic N) is 2. The number of esters is 1. The number of carbonyl (C=O) groups is 1. The number of hydrogen-bond acceptors (Lipinski definition) is 6. The van der Waals surface area contributed by atoms with Crippen LogP contribution in [0.5, 0.6) is 0 Å². The van der Waals surface area contributed by atoms with E-state index in [9.17, 15) is 28.1 Å². The molecule has 0 amide bonds. The summed E-state index contributed by atoms with van der Waals surface area (Å²) in [4.78, 5) is 27.4. The number of alkyl halides is 3. The molecule has 0 saturated carbocycles. The highest BCUT2D eigenvalue weighted by molar-refractivity contribution is 6.29. The largest absolute Gasteiger partial charge is 0.481 e. The highest BCUT2D eigenvalue weighted by atomic mass is 35.5. The van der Waals surface area contributed by atoms with Crippen LogP contribution in [0.4, 0.5) is 18.9 Å². The number of ether oxygens (including phenoxy) is 2. The molecule has 0 spiro atoms. The molecule has 7 nitrogen and oxygen atoms in total. The van der Waals surface area contributed by atoms with Crippen LogP contribution in [-0.4, -0.2) is 31.0 Å². The molecule has 156 valence electrons. The summed E-state index contributed by atoms with van der Waals surface area (Å²) in [6.45, 7) is 1.29. The summed E-state index contributed by atoms with van der Waals surface area (Å²) in [7, 11) is 2.32. The summed E-state index contributed by atoms with van der Waals surface area (Å²) >= 11 is 5.98. The van der Waals surface area contributed by atoms with Gasteiger partial charge in [-0.25, -0.2) is 4.99 Å². The first-order valence-corrected chi connectivity index (χ1v) is 8.46. The van der Waals surface area contributed by atoms with Gasteiger partial charge in [-0.15, -0.1) is 0 Å². The summed E-state index contributed by atoms with van der Waals surface area (Å²) in [5, 5.41) is 11.9. The molecule has 1 unspecified atom stereocenters. The van der Waals surface area contributed by atoms with Crippen molar-refractivity contribution < 1.29 is 32.4 Å². The molecule has 2 rings (SSSR count). The maximum atomic E-state index is 13.1. The highest BCUT2D eigenvalue weighted by Gasteiger charge is 2.48. The molecule has 0 N–H and O–H groups in total. The maximum absolute atomic E-state index is 13.1. The van der Waals surface area contributed by atoms with E-state index in [0.29, 0.717) is 17.2 Å². The van der Waals surface area contributed by atoms with E-state index >= 15 is 0 Å². The van der Waals surface area contributed by atoms with Crippen molar-refractivity contribution in [2.45, 2.75) is 24.9 Å². The zero-order valence-corrected chi connectivity index (χ0v) is 16.3. The monoisotopic (exact) mass is 432 g/mol. The van der Waals surface area contributed by atoms with Crippen LogP contribution in [0.2, 0.25) is 0 Å². The van der Waals surface area contributed by atoms with Gasteiger partial charge < -0.3 is 9.47 Å². The third-order valence-electron chi connectivity index (χ3n) is 4.44. The number of methoxy groups -OCH3 is 2. The number of halogens is 4. The van der Waals surface area contributed by atoms with Gasteiger partial charge in [0.25, 0.3) is 5.69 Å². The van der Waals surface area contributed by atoms with Gasteiger partial charge >= 0.3 is 12.1 Å². The highest BCUT2D eigenvalue weighted by Crippen LogP contribution is 2.43. The standard InChI is InChI=1S/C18H16ClF3N2O5/c1-17(16(25)29-3,13-7-5-11(19)9-23-15(13)28-2)12-6-4-10(18(20,21)22)8-14(12)24(26)27/h4,6-9H,5H2,1-3H3. The Hall–Kier alpha value is -2.88. The van der Waals surface area contributed by atoms with Crippen LogP contribution in [0.15, 0.2) is 46.1 Å². The van der Waals surface area contributed by atoms with E-state index < -0.39 is 33.7 Å². The molecule has 29 heavy (non-hydrogen) atoms. The minimum atomic E-state index is -4.80. The number of aliphatic imine (C=N–C) groups is 1. The SMILES string of the molecule is COC(=O)C(C)(C1=CCC(Cl)=CN=C1OC)c1ccc(C(F)(F)F)cc1[N+](=O)[O-]. The number of hydrogen-bond donors (Lipinski definition) is 0. The maximum Gasteiger partial charge on any atom is 0.416 e. The zero-order chi connectivity index (χ0) is 22.0. The molecule has 0 fully saturated rings. The Morgan fingerprint density at radius 3 is 2.48 bits per heavy atom. The molecular formula is C18H16ClF3N2O5. The number of rotatable bonds is 4. The van der Waals surface area contributed by atoms with E-state index in [1.807, 2.05) is 0 Å². The van der Waals surface area contributed by atoms with Crippen LogP contribution in [0.3, 0.4) is 0 Å². The molecule has 11 heteroatoms. The van der Waals surface area contributed by atoms with E-state index in [1.165, 1.54) is 26.3 Å². The predicted octanol–water partition coefficient (Wildman–Crippen LogP) is 4.50. The molecule has 1 atom stereocenters. The molecular weight excluding hydrogens is 417 g/mol. The number of nitro benzene ring substituents is 1. The van der Waals surface area contributed by atoms with Gasteiger partial charge in [0.15, 0.2) is 0 Å². The molecule has 1 aliphatic rings. The predicted molar refractivity (Wildman–Crippen MR) is 98.5 cm³/mol. The fraction of sp³-hybridized carbons (Fsp3) is 0.333. The lowest BCUT2D eigenvalue weighted by Crippen LogP contribution is -2.40. The van der Waals surface area contributed by atoms with Gasteiger partial charge in [0.2, 0.25) is 5.90 Å². The smallest absolute Gasteiger partial charge is 0.416 e. The Morgan fingerprint density at radius 2 is 1.97 bits per heavy atom. The van der Waals surface area contributed by atoms with Crippen LogP contribution in [0.25, 0.3) is 0 Å². The summed E-state index contributed by atoms with van der Waals surface area (Å²) < 4.78 is 49.2. The fourth-order valence-corrected chi connectivity index (χ4v) is 3.10. The summed E-state index contributed by atoms with van der Waals surface area (Å²) in [5.74, 6) is -1.03. The lowest BCUT2D eigenvalue weighted by molar-refractivity contribution is -0.386. The molecule has 0 aromatic heterocycles. The molecule has 0 saturated heterocycles. The Balaban J connectivity index is 2.83. The first kappa shape index (κ1) is 22.4. The first-order chi connectivity index (χ1) is 13.5. The van der Waals surface area contributed by atoms with Gasteiger partial charge in [0.05, 0.1) is 30.3 Å². The topological polar surface area (TPSA) is 91.0 Å². The van der Waals surface area contributed by atoms with Gasteiger partial charge in [-0.2, -0.15) is 13.2 Å². The zero-order valence-electron chi connectivity index (χ0n) is 15.5. The normalized spacial score (nSPS) is 16.6. The molecule has 1 aromatic carbocycles. The minimum Gasteiger partial charge on any atom is -0.481 e. The number of nitro groups is 1. The third kappa shape index (κ3) is 4.26. The van der Waals surface area contributed by atoms with Crippen LogP contribution in [-0.2, 0) is 25.9 Å². The van der Waals surface area contributed by atoms with Crippen LogP contribution < -0.4 is 0 Å².